The van der Waals surface area contributed by atoms with Gasteiger partial charge < -0.3 is 9.73 Å². The minimum atomic E-state index is 0.469. The molecule has 1 heterocycles. The summed E-state index contributed by atoms with van der Waals surface area (Å²) in [6.45, 7) is 6.25. The van der Waals surface area contributed by atoms with Crippen molar-refractivity contribution in [1.29, 1.82) is 0 Å². The Morgan fingerprint density at radius 2 is 1.94 bits per heavy atom. The van der Waals surface area contributed by atoms with Gasteiger partial charge in [-0.05, 0) is 31.2 Å². The van der Waals surface area contributed by atoms with Crippen LogP contribution < -0.4 is 5.32 Å². The molecule has 1 atom stereocenters. The first kappa shape index (κ1) is 12.9. The Morgan fingerprint density at radius 3 is 2.56 bits per heavy atom. The summed E-state index contributed by atoms with van der Waals surface area (Å²) in [6, 6.07) is 12.8. The average Bonchev–Trinajstić information content (AvgIpc) is 2.88. The predicted molar refractivity (Wildman–Crippen MR) is 74.9 cm³/mol. The SMILES string of the molecule is CCNCC(Cc1ccco1)c1ccc(C)cc1. The number of aryl methyl sites for hydroxylation is 1. The maximum absolute atomic E-state index is 5.46. The molecular weight excluding hydrogens is 222 g/mol. The molecule has 0 saturated carbocycles. The van der Waals surface area contributed by atoms with Gasteiger partial charge in [-0.3, -0.25) is 0 Å². The molecule has 1 N–H and O–H groups in total. The lowest BCUT2D eigenvalue weighted by molar-refractivity contribution is 0.475. The molecule has 0 bridgehead atoms. The van der Waals surface area contributed by atoms with Crippen molar-refractivity contribution in [2.45, 2.75) is 26.2 Å². The van der Waals surface area contributed by atoms with E-state index in [1.807, 2.05) is 12.1 Å². The Hall–Kier alpha value is -1.54. The fourth-order valence-corrected chi connectivity index (χ4v) is 2.14. The van der Waals surface area contributed by atoms with Gasteiger partial charge in [-0.2, -0.15) is 0 Å². The highest BCUT2D eigenvalue weighted by Gasteiger charge is 2.13. The zero-order valence-electron chi connectivity index (χ0n) is 11.1. The molecule has 0 spiro atoms. The maximum atomic E-state index is 5.46. The van der Waals surface area contributed by atoms with Crippen molar-refractivity contribution in [1.82, 2.24) is 5.32 Å². The third-order valence-corrected chi connectivity index (χ3v) is 3.22. The highest BCUT2D eigenvalue weighted by atomic mass is 16.3. The van der Waals surface area contributed by atoms with E-state index in [2.05, 4.69) is 43.4 Å². The van der Waals surface area contributed by atoms with Gasteiger partial charge in [-0.25, -0.2) is 0 Å². The van der Waals surface area contributed by atoms with Crippen LogP contribution in [0.5, 0.6) is 0 Å². The number of rotatable bonds is 6. The summed E-state index contributed by atoms with van der Waals surface area (Å²) in [5.74, 6) is 1.52. The summed E-state index contributed by atoms with van der Waals surface area (Å²) < 4.78 is 5.46. The van der Waals surface area contributed by atoms with E-state index >= 15 is 0 Å². The molecule has 1 aromatic carbocycles. The lowest BCUT2D eigenvalue weighted by atomic mass is 9.94. The lowest BCUT2D eigenvalue weighted by Crippen LogP contribution is -2.22. The Kier molecular flexibility index (Phi) is 4.59. The fraction of sp³-hybridized carbons (Fsp3) is 0.375. The monoisotopic (exact) mass is 243 g/mol. The van der Waals surface area contributed by atoms with Gasteiger partial charge in [0.05, 0.1) is 6.26 Å². The van der Waals surface area contributed by atoms with Crippen LogP contribution in [-0.2, 0) is 6.42 Å². The molecule has 0 aliphatic rings. The third kappa shape index (κ3) is 3.47. The Balaban J connectivity index is 2.11. The van der Waals surface area contributed by atoms with Crippen LogP contribution in [0.4, 0.5) is 0 Å². The van der Waals surface area contributed by atoms with Gasteiger partial charge in [0, 0.05) is 18.9 Å². The van der Waals surface area contributed by atoms with Crippen LogP contribution >= 0.6 is 0 Å². The molecule has 0 aliphatic heterocycles. The number of nitrogens with one attached hydrogen (secondary N) is 1. The Bertz CT molecular complexity index is 444. The van der Waals surface area contributed by atoms with E-state index < -0.39 is 0 Å². The molecule has 0 saturated heterocycles. The van der Waals surface area contributed by atoms with Crippen LogP contribution in [0.1, 0.15) is 29.7 Å². The van der Waals surface area contributed by atoms with Gasteiger partial charge in [-0.15, -0.1) is 0 Å². The zero-order chi connectivity index (χ0) is 12.8. The van der Waals surface area contributed by atoms with Gasteiger partial charge in [-0.1, -0.05) is 36.8 Å². The first-order chi connectivity index (χ1) is 8.79. The van der Waals surface area contributed by atoms with E-state index in [1.54, 1.807) is 6.26 Å². The summed E-state index contributed by atoms with van der Waals surface area (Å²) >= 11 is 0. The molecule has 0 fully saturated rings. The van der Waals surface area contributed by atoms with Crippen molar-refractivity contribution in [3.8, 4) is 0 Å². The highest BCUT2D eigenvalue weighted by Crippen LogP contribution is 2.21. The van der Waals surface area contributed by atoms with Gasteiger partial charge >= 0.3 is 0 Å². The summed E-state index contributed by atoms with van der Waals surface area (Å²) in [5, 5.41) is 3.43. The van der Waals surface area contributed by atoms with E-state index in [1.165, 1.54) is 11.1 Å². The Labute approximate surface area is 109 Å². The number of hydrogen-bond acceptors (Lipinski definition) is 2. The maximum Gasteiger partial charge on any atom is 0.104 e. The minimum absolute atomic E-state index is 0.469. The largest absolute Gasteiger partial charge is 0.469 e. The van der Waals surface area contributed by atoms with Crippen LogP contribution in [0.3, 0.4) is 0 Å². The summed E-state index contributed by atoms with van der Waals surface area (Å²) in [7, 11) is 0. The van der Waals surface area contributed by atoms with Crippen molar-refractivity contribution in [3.05, 3.63) is 59.5 Å². The molecule has 1 aromatic heterocycles. The summed E-state index contributed by atoms with van der Waals surface area (Å²) in [4.78, 5) is 0. The van der Waals surface area contributed by atoms with Crippen molar-refractivity contribution in [2.24, 2.45) is 0 Å². The van der Waals surface area contributed by atoms with Crippen molar-refractivity contribution >= 4 is 0 Å². The second-order valence-corrected chi connectivity index (χ2v) is 4.70. The van der Waals surface area contributed by atoms with Crippen LogP contribution in [0.25, 0.3) is 0 Å². The van der Waals surface area contributed by atoms with E-state index in [9.17, 15) is 0 Å². The standard InChI is InChI=1S/C16H21NO/c1-3-17-12-15(11-16-5-4-10-18-16)14-8-6-13(2)7-9-14/h4-10,15,17H,3,11-12H2,1-2H3. The predicted octanol–water partition coefficient (Wildman–Crippen LogP) is 3.52. The summed E-state index contributed by atoms with van der Waals surface area (Å²) in [5.41, 5.74) is 2.68. The van der Waals surface area contributed by atoms with Gasteiger partial charge in [0.15, 0.2) is 0 Å². The van der Waals surface area contributed by atoms with Gasteiger partial charge in [0.25, 0.3) is 0 Å². The highest BCUT2D eigenvalue weighted by molar-refractivity contribution is 5.26. The van der Waals surface area contributed by atoms with E-state index in [0.29, 0.717) is 5.92 Å². The van der Waals surface area contributed by atoms with E-state index in [4.69, 9.17) is 4.42 Å². The first-order valence-electron chi connectivity index (χ1n) is 6.59. The Morgan fingerprint density at radius 1 is 1.17 bits per heavy atom. The second kappa shape index (κ2) is 6.41. The molecule has 2 heteroatoms. The first-order valence-corrected chi connectivity index (χ1v) is 6.59. The molecule has 1 unspecified atom stereocenters. The average molecular weight is 243 g/mol. The summed E-state index contributed by atoms with van der Waals surface area (Å²) in [6.07, 6.45) is 2.69. The molecule has 18 heavy (non-hydrogen) atoms. The van der Waals surface area contributed by atoms with Crippen LogP contribution in [0.15, 0.2) is 47.1 Å². The van der Waals surface area contributed by atoms with Crippen molar-refractivity contribution in [3.63, 3.8) is 0 Å². The molecule has 0 aliphatic carbocycles. The third-order valence-electron chi connectivity index (χ3n) is 3.22. The quantitative estimate of drug-likeness (QED) is 0.839. The molecule has 2 nitrogen and oxygen atoms in total. The molecule has 0 radical (unpaired) electrons. The van der Waals surface area contributed by atoms with Crippen LogP contribution in [0.2, 0.25) is 0 Å². The number of furan rings is 1. The normalized spacial score (nSPS) is 12.6. The number of likely N-dealkylation sites (N-methyl/N-ethyl adjacent to an activating group) is 1. The van der Waals surface area contributed by atoms with Crippen molar-refractivity contribution < 1.29 is 4.42 Å². The molecular formula is C16H21NO. The molecule has 0 amide bonds. The minimum Gasteiger partial charge on any atom is -0.469 e. The lowest BCUT2D eigenvalue weighted by Gasteiger charge is -2.17. The topological polar surface area (TPSA) is 25.2 Å². The number of hydrogen-bond donors (Lipinski definition) is 1. The van der Waals surface area contributed by atoms with E-state index in [0.717, 1.165) is 25.3 Å². The molecule has 2 aromatic rings. The molecule has 2 rings (SSSR count). The van der Waals surface area contributed by atoms with Crippen molar-refractivity contribution in [2.75, 3.05) is 13.1 Å². The van der Waals surface area contributed by atoms with Crippen LogP contribution in [-0.4, -0.2) is 13.1 Å². The van der Waals surface area contributed by atoms with Crippen LogP contribution in [0, 0.1) is 6.92 Å². The smallest absolute Gasteiger partial charge is 0.104 e. The van der Waals surface area contributed by atoms with Gasteiger partial charge in [0.2, 0.25) is 0 Å². The molecule has 96 valence electrons. The zero-order valence-corrected chi connectivity index (χ0v) is 11.1. The number of benzene rings is 1. The van der Waals surface area contributed by atoms with Gasteiger partial charge in [0.1, 0.15) is 5.76 Å². The second-order valence-electron chi connectivity index (χ2n) is 4.70. The van der Waals surface area contributed by atoms with E-state index in [-0.39, 0.29) is 0 Å². The fourth-order valence-electron chi connectivity index (χ4n) is 2.14.